The third-order valence-corrected chi connectivity index (χ3v) is 3.34. The number of aryl methyl sites for hydroxylation is 2. The van der Waals surface area contributed by atoms with Crippen molar-refractivity contribution in [2.45, 2.75) is 20.3 Å². The van der Waals surface area contributed by atoms with Crippen molar-refractivity contribution in [3.05, 3.63) is 58.1 Å². The Labute approximate surface area is 118 Å². The van der Waals surface area contributed by atoms with Crippen LogP contribution in [0.4, 0.5) is 11.4 Å². The number of benzene rings is 2. The van der Waals surface area contributed by atoms with Crippen LogP contribution in [0.2, 0.25) is 5.02 Å². The molecule has 0 aromatic heterocycles. The van der Waals surface area contributed by atoms with Crippen molar-refractivity contribution in [2.75, 3.05) is 5.32 Å². The van der Waals surface area contributed by atoms with Crippen LogP contribution in [0.15, 0.2) is 36.4 Å². The molecule has 0 unspecified atom stereocenters. The van der Waals surface area contributed by atoms with Gasteiger partial charge in [0.2, 0.25) is 0 Å². The highest BCUT2D eigenvalue weighted by atomic mass is 35.5. The minimum Gasteiger partial charge on any atom is -0.354 e. The maximum atomic E-state index is 9.15. The fourth-order valence-electron chi connectivity index (χ4n) is 2.05. The minimum atomic E-state index is 0.592. The van der Waals surface area contributed by atoms with Gasteiger partial charge in [-0.3, -0.25) is 0 Å². The van der Waals surface area contributed by atoms with Gasteiger partial charge in [-0.1, -0.05) is 36.7 Å². The van der Waals surface area contributed by atoms with Crippen LogP contribution < -0.4 is 5.32 Å². The second-order valence-electron chi connectivity index (χ2n) is 4.39. The zero-order valence-corrected chi connectivity index (χ0v) is 11.8. The van der Waals surface area contributed by atoms with E-state index in [0.717, 1.165) is 23.4 Å². The normalized spacial score (nSPS) is 10.0. The molecule has 0 amide bonds. The number of nitrogens with zero attached hydrogens (tertiary/aromatic N) is 1. The number of rotatable bonds is 3. The van der Waals surface area contributed by atoms with Crippen molar-refractivity contribution in [2.24, 2.45) is 0 Å². The first kappa shape index (κ1) is 13.5. The van der Waals surface area contributed by atoms with Crippen molar-refractivity contribution < 1.29 is 0 Å². The summed E-state index contributed by atoms with van der Waals surface area (Å²) in [5, 5.41) is 13.1. The molecule has 0 aliphatic heterocycles. The van der Waals surface area contributed by atoms with Crippen molar-refractivity contribution in [3.63, 3.8) is 0 Å². The first-order valence-corrected chi connectivity index (χ1v) is 6.58. The monoisotopic (exact) mass is 270 g/mol. The van der Waals surface area contributed by atoms with Gasteiger partial charge in [-0.25, -0.2) is 0 Å². The zero-order valence-electron chi connectivity index (χ0n) is 11.0. The summed E-state index contributed by atoms with van der Waals surface area (Å²) in [6, 6.07) is 13.6. The van der Waals surface area contributed by atoms with Gasteiger partial charge in [-0.2, -0.15) is 5.26 Å². The summed E-state index contributed by atoms with van der Waals surface area (Å²) >= 11 is 6.00. The van der Waals surface area contributed by atoms with Crippen LogP contribution in [0, 0.1) is 18.3 Å². The number of halogens is 1. The van der Waals surface area contributed by atoms with Gasteiger partial charge in [0.25, 0.3) is 0 Å². The second kappa shape index (κ2) is 5.77. The van der Waals surface area contributed by atoms with Gasteiger partial charge in [0.15, 0.2) is 0 Å². The van der Waals surface area contributed by atoms with Gasteiger partial charge < -0.3 is 5.32 Å². The second-order valence-corrected chi connectivity index (χ2v) is 4.83. The molecule has 0 saturated carbocycles. The molecule has 0 fully saturated rings. The number of nitriles is 1. The Morgan fingerprint density at radius 3 is 2.74 bits per heavy atom. The standard InChI is InChI=1S/C16H15ClN2/c1-3-12-6-4-5-11(2)16(12)19-15-9-14(17)8-7-13(15)10-18/h4-9,19H,3H2,1-2H3. The van der Waals surface area contributed by atoms with Crippen LogP contribution in [-0.4, -0.2) is 0 Å². The Balaban J connectivity index is 2.47. The van der Waals surface area contributed by atoms with E-state index in [0.29, 0.717) is 10.6 Å². The highest BCUT2D eigenvalue weighted by Crippen LogP contribution is 2.29. The first-order valence-electron chi connectivity index (χ1n) is 6.21. The van der Waals surface area contributed by atoms with E-state index >= 15 is 0 Å². The van der Waals surface area contributed by atoms with Crippen LogP contribution in [0.1, 0.15) is 23.6 Å². The summed E-state index contributed by atoms with van der Waals surface area (Å²) in [5.41, 5.74) is 4.78. The van der Waals surface area contributed by atoms with Crippen LogP contribution in [0.3, 0.4) is 0 Å². The van der Waals surface area contributed by atoms with E-state index in [4.69, 9.17) is 16.9 Å². The molecule has 0 radical (unpaired) electrons. The van der Waals surface area contributed by atoms with Crippen LogP contribution in [-0.2, 0) is 6.42 Å². The average Bonchev–Trinajstić information content (AvgIpc) is 2.41. The lowest BCUT2D eigenvalue weighted by Crippen LogP contribution is -1.99. The van der Waals surface area contributed by atoms with Crippen LogP contribution >= 0.6 is 11.6 Å². The fourth-order valence-corrected chi connectivity index (χ4v) is 2.23. The molecule has 2 aromatic rings. The van der Waals surface area contributed by atoms with E-state index in [1.807, 2.05) is 6.07 Å². The van der Waals surface area contributed by atoms with E-state index in [1.54, 1.807) is 18.2 Å². The highest BCUT2D eigenvalue weighted by Gasteiger charge is 2.08. The summed E-state index contributed by atoms with van der Waals surface area (Å²) in [4.78, 5) is 0. The highest BCUT2D eigenvalue weighted by molar-refractivity contribution is 6.30. The number of hydrogen-bond donors (Lipinski definition) is 1. The molecule has 0 atom stereocenters. The van der Waals surface area contributed by atoms with Gasteiger partial charge in [0, 0.05) is 10.7 Å². The van der Waals surface area contributed by atoms with Gasteiger partial charge >= 0.3 is 0 Å². The smallest absolute Gasteiger partial charge is 0.101 e. The van der Waals surface area contributed by atoms with E-state index in [2.05, 4.69) is 37.4 Å². The molecule has 96 valence electrons. The predicted molar refractivity (Wildman–Crippen MR) is 80.0 cm³/mol. The molecule has 1 N–H and O–H groups in total. The molecule has 0 bridgehead atoms. The van der Waals surface area contributed by atoms with Crippen LogP contribution in [0.5, 0.6) is 0 Å². The van der Waals surface area contributed by atoms with Gasteiger partial charge in [0.05, 0.1) is 11.3 Å². The van der Waals surface area contributed by atoms with Crippen molar-refractivity contribution in [1.82, 2.24) is 0 Å². The minimum absolute atomic E-state index is 0.592. The van der Waals surface area contributed by atoms with E-state index in [-0.39, 0.29) is 0 Å². The van der Waals surface area contributed by atoms with Gasteiger partial charge in [-0.05, 0) is 42.7 Å². The Bertz CT molecular complexity index is 642. The quantitative estimate of drug-likeness (QED) is 0.867. The van der Waals surface area contributed by atoms with Crippen molar-refractivity contribution >= 4 is 23.0 Å². The molecule has 2 rings (SSSR count). The summed E-state index contributed by atoms with van der Waals surface area (Å²) < 4.78 is 0. The number of anilines is 2. The molecule has 3 heteroatoms. The first-order chi connectivity index (χ1) is 9.15. The van der Waals surface area contributed by atoms with Crippen molar-refractivity contribution in [3.8, 4) is 6.07 Å². The summed E-state index contributed by atoms with van der Waals surface area (Å²) in [7, 11) is 0. The lowest BCUT2D eigenvalue weighted by atomic mass is 10.0. The molecular weight excluding hydrogens is 256 g/mol. The number of nitrogens with one attached hydrogen (secondary N) is 1. The third kappa shape index (κ3) is 2.89. The summed E-state index contributed by atoms with van der Waals surface area (Å²) in [6.07, 6.45) is 0.937. The average molecular weight is 271 g/mol. The Morgan fingerprint density at radius 2 is 2.05 bits per heavy atom. The molecule has 0 aliphatic carbocycles. The lowest BCUT2D eigenvalue weighted by molar-refractivity contribution is 1.13. The number of hydrogen-bond acceptors (Lipinski definition) is 2. The fraction of sp³-hybridized carbons (Fsp3) is 0.188. The molecule has 0 saturated heterocycles. The Morgan fingerprint density at radius 1 is 1.26 bits per heavy atom. The summed E-state index contributed by atoms with van der Waals surface area (Å²) in [5.74, 6) is 0. The SMILES string of the molecule is CCc1cccc(C)c1Nc1cc(Cl)ccc1C#N. The van der Waals surface area contributed by atoms with Crippen molar-refractivity contribution in [1.29, 1.82) is 5.26 Å². The molecule has 2 aromatic carbocycles. The zero-order chi connectivity index (χ0) is 13.8. The molecule has 19 heavy (non-hydrogen) atoms. The Hall–Kier alpha value is -1.98. The molecule has 2 nitrogen and oxygen atoms in total. The van der Waals surface area contributed by atoms with E-state index in [9.17, 15) is 0 Å². The third-order valence-electron chi connectivity index (χ3n) is 3.10. The molecule has 0 aliphatic rings. The largest absolute Gasteiger partial charge is 0.354 e. The Kier molecular flexibility index (Phi) is 4.09. The lowest BCUT2D eigenvalue weighted by Gasteiger charge is -2.15. The van der Waals surface area contributed by atoms with E-state index in [1.165, 1.54) is 5.56 Å². The van der Waals surface area contributed by atoms with Crippen LogP contribution in [0.25, 0.3) is 0 Å². The molecule has 0 heterocycles. The van der Waals surface area contributed by atoms with Gasteiger partial charge in [-0.15, -0.1) is 0 Å². The predicted octanol–water partition coefficient (Wildman–Crippen LogP) is 4.83. The number of para-hydroxylation sites is 1. The van der Waals surface area contributed by atoms with Gasteiger partial charge in [0.1, 0.15) is 6.07 Å². The topological polar surface area (TPSA) is 35.8 Å². The maximum absolute atomic E-state index is 9.15. The molecular formula is C16H15ClN2. The summed E-state index contributed by atoms with van der Waals surface area (Å²) in [6.45, 7) is 4.17. The maximum Gasteiger partial charge on any atom is 0.101 e. The molecule has 0 spiro atoms. The van der Waals surface area contributed by atoms with E-state index < -0.39 is 0 Å².